The molecule has 0 saturated carbocycles. The summed E-state index contributed by atoms with van der Waals surface area (Å²) in [6.07, 6.45) is 2.55. The van der Waals surface area contributed by atoms with Crippen molar-refractivity contribution in [2.24, 2.45) is 0 Å². The van der Waals surface area contributed by atoms with Crippen molar-refractivity contribution in [2.75, 3.05) is 29.1 Å². The van der Waals surface area contributed by atoms with E-state index >= 15 is 0 Å². The summed E-state index contributed by atoms with van der Waals surface area (Å²) < 4.78 is 2.48. The van der Waals surface area contributed by atoms with E-state index < -0.39 is 0 Å². The molecule has 98 valence electrons. The van der Waals surface area contributed by atoms with Gasteiger partial charge in [-0.1, -0.05) is 15.9 Å². The lowest BCUT2D eigenvalue weighted by Crippen LogP contribution is -2.51. The molecule has 0 radical (unpaired) electrons. The zero-order valence-corrected chi connectivity index (χ0v) is 13.0. The van der Waals surface area contributed by atoms with E-state index in [1.165, 1.54) is 29.2 Å². The molecule has 5 heterocycles. The quantitative estimate of drug-likeness (QED) is 0.583. The van der Waals surface area contributed by atoms with Gasteiger partial charge in [0.2, 0.25) is 5.69 Å². The highest BCUT2D eigenvalue weighted by atomic mass is 79.9. The number of pyridine rings is 1. The third kappa shape index (κ3) is 1.59. The number of nitrogens with zero attached hydrogens (tertiary/aromatic N) is 3. The van der Waals surface area contributed by atoms with Gasteiger partial charge in [0.15, 0.2) is 6.04 Å². The Kier molecular flexibility index (Phi) is 2.78. The van der Waals surface area contributed by atoms with Crippen molar-refractivity contribution >= 4 is 33.4 Å². The topological polar surface area (TPSA) is 30.9 Å². The van der Waals surface area contributed by atoms with Gasteiger partial charge < -0.3 is 4.90 Å². The first kappa shape index (κ1) is 12.0. The average molecular weight is 337 g/mol. The number of nitriles is 1. The van der Waals surface area contributed by atoms with Crippen molar-refractivity contribution in [3.63, 3.8) is 0 Å². The van der Waals surface area contributed by atoms with Gasteiger partial charge in [-0.05, 0) is 30.7 Å². The van der Waals surface area contributed by atoms with Gasteiger partial charge in [0.25, 0.3) is 5.03 Å². The molecule has 0 spiro atoms. The van der Waals surface area contributed by atoms with Crippen molar-refractivity contribution in [2.45, 2.75) is 29.8 Å². The van der Waals surface area contributed by atoms with Gasteiger partial charge >= 0.3 is 0 Å². The molecule has 0 aromatic carbocycles. The Morgan fingerprint density at radius 1 is 1.47 bits per heavy atom. The summed E-state index contributed by atoms with van der Waals surface area (Å²) >= 11 is 5.49. The zero-order chi connectivity index (χ0) is 13.0. The van der Waals surface area contributed by atoms with Crippen LogP contribution in [0.25, 0.3) is 0 Å². The van der Waals surface area contributed by atoms with E-state index in [1.54, 1.807) is 0 Å². The average Bonchev–Trinajstić information content (AvgIpc) is 2.91. The Morgan fingerprint density at radius 3 is 2.95 bits per heavy atom. The summed E-state index contributed by atoms with van der Waals surface area (Å²) in [6, 6.07) is 5.04. The molecule has 1 aromatic rings. The first-order valence-electron chi connectivity index (χ1n) is 6.79. The molecule has 0 aliphatic carbocycles. The van der Waals surface area contributed by atoms with E-state index in [2.05, 4.69) is 37.5 Å². The molecule has 1 atom stereocenters. The van der Waals surface area contributed by atoms with Crippen LogP contribution in [0, 0.1) is 11.3 Å². The minimum atomic E-state index is 0.502. The largest absolute Gasteiger partial charge is 0.366 e. The van der Waals surface area contributed by atoms with Crippen LogP contribution in [0.2, 0.25) is 0 Å². The molecule has 5 rings (SSSR count). The summed E-state index contributed by atoms with van der Waals surface area (Å²) in [6.45, 7) is 2.32. The highest BCUT2D eigenvalue weighted by Gasteiger charge is 2.45. The van der Waals surface area contributed by atoms with Crippen LogP contribution >= 0.6 is 27.7 Å². The number of hydrogen-bond acceptors (Lipinski definition) is 3. The first-order valence-corrected chi connectivity index (χ1v) is 8.90. The summed E-state index contributed by atoms with van der Waals surface area (Å²) in [5, 5.41) is 11.6. The van der Waals surface area contributed by atoms with E-state index in [-0.39, 0.29) is 0 Å². The normalized spacial score (nSPS) is 24.2. The minimum Gasteiger partial charge on any atom is -0.366 e. The molecule has 0 N–H and O–H groups in total. The van der Waals surface area contributed by atoms with E-state index in [9.17, 15) is 5.26 Å². The van der Waals surface area contributed by atoms with Gasteiger partial charge in [-0.2, -0.15) is 9.83 Å². The van der Waals surface area contributed by atoms with Crippen molar-refractivity contribution in [1.29, 1.82) is 5.26 Å². The fourth-order valence-electron chi connectivity index (χ4n) is 3.64. The second-order valence-electron chi connectivity index (χ2n) is 5.50. The lowest BCUT2D eigenvalue weighted by Gasteiger charge is -2.40. The predicted octanol–water partition coefficient (Wildman–Crippen LogP) is 2.58. The smallest absolute Gasteiger partial charge is 0.258 e. The van der Waals surface area contributed by atoms with Gasteiger partial charge in [-0.25, -0.2) is 0 Å². The molecule has 5 heteroatoms. The predicted molar refractivity (Wildman–Crippen MR) is 79.1 cm³/mol. The summed E-state index contributed by atoms with van der Waals surface area (Å²) in [5.41, 5.74) is 3.69. The van der Waals surface area contributed by atoms with Crippen molar-refractivity contribution in [3.8, 4) is 6.07 Å². The van der Waals surface area contributed by atoms with Gasteiger partial charge in [0.05, 0.1) is 11.1 Å². The highest BCUT2D eigenvalue weighted by Crippen LogP contribution is 2.44. The van der Waals surface area contributed by atoms with Gasteiger partial charge in [0.1, 0.15) is 17.3 Å². The molecular weight excluding hydrogens is 322 g/mol. The molecule has 1 saturated heterocycles. The van der Waals surface area contributed by atoms with Crippen molar-refractivity contribution < 1.29 is 4.57 Å². The van der Waals surface area contributed by atoms with Crippen LogP contribution in [-0.4, -0.2) is 24.2 Å². The number of rotatable bonds is 1. The number of alkyl halides is 1. The van der Waals surface area contributed by atoms with Crippen molar-refractivity contribution in [3.05, 3.63) is 17.3 Å². The van der Waals surface area contributed by atoms with Gasteiger partial charge in [-0.15, -0.1) is 0 Å². The Hall–Kier alpha value is -0.730. The maximum atomic E-state index is 9.43. The van der Waals surface area contributed by atoms with Crippen LogP contribution in [-0.2, 0) is 0 Å². The number of piperidine rings is 1. The van der Waals surface area contributed by atoms with Crippen LogP contribution in [0.3, 0.4) is 0 Å². The Morgan fingerprint density at radius 2 is 2.26 bits per heavy atom. The summed E-state index contributed by atoms with van der Waals surface area (Å²) in [4.78, 5) is 2.47. The van der Waals surface area contributed by atoms with Crippen LogP contribution < -0.4 is 9.47 Å². The first-order chi connectivity index (χ1) is 9.33. The van der Waals surface area contributed by atoms with Gasteiger partial charge in [0, 0.05) is 19.0 Å². The minimum absolute atomic E-state index is 0.502. The van der Waals surface area contributed by atoms with E-state index in [4.69, 9.17) is 0 Å². The van der Waals surface area contributed by atoms with Crippen LogP contribution in [0.1, 0.15) is 36.1 Å². The number of thioether (sulfide) groups is 1. The molecule has 1 aromatic heterocycles. The van der Waals surface area contributed by atoms with Crippen LogP contribution in [0.15, 0.2) is 11.1 Å². The Balaban J connectivity index is 2.00. The van der Waals surface area contributed by atoms with Crippen molar-refractivity contribution in [1.82, 2.24) is 0 Å². The highest BCUT2D eigenvalue weighted by molar-refractivity contribution is 9.09. The summed E-state index contributed by atoms with van der Waals surface area (Å²) in [7, 11) is 0. The maximum Gasteiger partial charge on any atom is 0.258 e. The number of hydrogen-bond donors (Lipinski definition) is 0. The molecule has 3 nitrogen and oxygen atoms in total. The van der Waals surface area contributed by atoms with Crippen LogP contribution in [0.4, 0.5) is 5.69 Å². The second-order valence-corrected chi connectivity index (χ2v) is 7.15. The molecule has 4 aliphatic heterocycles. The third-order valence-electron chi connectivity index (χ3n) is 4.55. The van der Waals surface area contributed by atoms with Crippen LogP contribution in [0.5, 0.6) is 0 Å². The maximum absolute atomic E-state index is 9.43. The molecule has 19 heavy (non-hydrogen) atoms. The number of halogens is 1. The zero-order valence-electron chi connectivity index (χ0n) is 10.6. The second kappa shape index (κ2) is 4.39. The fourth-order valence-corrected chi connectivity index (χ4v) is 5.73. The molecule has 1 fully saturated rings. The fraction of sp³-hybridized carbons (Fsp3) is 0.571. The molecular formula is C14H15BrN3S+. The molecule has 2 bridgehead atoms. The Labute approximate surface area is 125 Å². The standard InChI is InChI=1S/C14H15BrN3S/c15-6-11-8-19-14-10(7-16)5-12-13(18(11)14)9-1-3-17(12)4-2-9/h5,9,11H,1-4,6,8H2/q+1. The lowest BCUT2D eigenvalue weighted by molar-refractivity contribution is -0.750. The van der Waals surface area contributed by atoms with E-state index in [0.29, 0.717) is 12.0 Å². The van der Waals surface area contributed by atoms with E-state index in [0.717, 1.165) is 29.7 Å². The SMILES string of the molecule is N#Cc1cc2c([n+]3c1SCC3CBr)C1CCN2CC1. The number of anilines is 1. The lowest BCUT2D eigenvalue weighted by atomic mass is 9.85. The molecule has 4 aliphatic rings. The monoisotopic (exact) mass is 336 g/mol. The number of fused-ring (bicyclic) bond motifs is 3. The molecule has 1 unspecified atom stereocenters. The number of aromatic nitrogens is 1. The van der Waals surface area contributed by atoms with Gasteiger partial charge in [-0.3, -0.25) is 0 Å². The van der Waals surface area contributed by atoms with E-state index in [1.807, 2.05) is 11.8 Å². The summed E-state index contributed by atoms with van der Waals surface area (Å²) in [5.74, 6) is 1.79. The Bertz CT molecular complexity index is 587. The third-order valence-corrected chi connectivity index (χ3v) is 6.54. The molecule has 0 amide bonds.